The number of nitrogens with one attached hydrogen (secondary N) is 2. The summed E-state index contributed by atoms with van der Waals surface area (Å²) in [4.78, 5) is 34.0. The van der Waals surface area contributed by atoms with E-state index < -0.39 is 0 Å². The van der Waals surface area contributed by atoms with Crippen LogP contribution in [0.1, 0.15) is 43.3 Å². The summed E-state index contributed by atoms with van der Waals surface area (Å²) in [5.41, 5.74) is 8.53. The maximum Gasteiger partial charge on any atom is 0.332 e. The first-order valence-electron chi connectivity index (χ1n) is 10.6. The fourth-order valence-electron chi connectivity index (χ4n) is 3.71. The maximum absolute atomic E-state index is 13.2. The summed E-state index contributed by atoms with van der Waals surface area (Å²) < 4.78 is 2.94. The Morgan fingerprint density at radius 2 is 1.84 bits per heavy atom. The minimum absolute atomic E-state index is 0.316. The Bertz CT molecular complexity index is 1260. The highest BCUT2D eigenvalue weighted by molar-refractivity contribution is 5.70. The van der Waals surface area contributed by atoms with E-state index in [9.17, 15) is 9.59 Å². The van der Waals surface area contributed by atoms with Crippen LogP contribution in [-0.4, -0.2) is 29.3 Å². The Kier molecular flexibility index (Phi) is 6.01. The molecule has 162 valence electrons. The molecule has 3 aromatic heterocycles. The standard InChI is InChI=1S/C22H27N7O2/c1-2-3-4-12-29-21(30)19-20(26-18(25-19)14-17-9-11-24-27-17)28(22(29)31)13-10-15-5-7-16(23)8-6-15/h5-9,11H,2-4,10,12-14,23H2,1H3,(H,24,27)(H,25,26). The molecule has 4 aromatic rings. The summed E-state index contributed by atoms with van der Waals surface area (Å²) in [6.07, 6.45) is 5.52. The zero-order valence-corrected chi connectivity index (χ0v) is 17.6. The molecule has 0 radical (unpaired) electrons. The van der Waals surface area contributed by atoms with Gasteiger partial charge in [-0.1, -0.05) is 31.9 Å². The topological polar surface area (TPSA) is 127 Å². The fraction of sp³-hybridized carbons (Fsp3) is 0.364. The van der Waals surface area contributed by atoms with Gasteiger partial charge in [-0.15, -0.1) is 0 Å². The second-order valence-corrected chi connectivity index (χ2v) is 7.73. The Morgan fingerprint density at radius 1 is 1.03 bits per heavy atom. The predicted octanol–water partition coefficient (Wildman–Crippen LogP) is 2.22. The molecule has 0 spiro atoms. The van der Waals surface area contributed by atoms with E-state index in [0.717, 1.165) is 30.5 Å². The van der Waals surface area contributed by atoms with Crippen LogP contribution in [0.5, 0.6) is 0 Å². The van der Waals surface area contributed by atoms with E-state index in [1.54, 1.807) is 10.8 Å². The Hall–Kier alpha value is -3.62. The number of aryl methyl sites for hydroxylation is 2. The number of rotatable bonds is 9. The lowest BCUT2D eigenvalue weighted by atomic mass is 10.1. The number of benzene rings is 1. The highest BCUT2D eigenvalue weighted by Crippen LogP contribution is 2.12. The molecule has 3 heterocycles. The van der Waals surface area contributed by atoms with Crippen LogP contribution in [0, 0.1) is 0 Å². The van der Waals surface area contributed by atoms with Crippen molar-refractivity contribution in [1.82, 2.24) is 29.3 Å². The number of aromatic nitrogens is 6. The zero-order chi connectivity index (χ0) is 21.8. The van der Waals surface area contributed by atoms with Crippen molar-refractivity contribution in [2.75, 3.05) is 5.73 Å². The molecule has 9 nitrogen and oxygen atoms in total. The molecule has 4 rings (SSSR count). The van der Waals surface area contributed by atoms with Crippen molar-refractivity contribution < 1.29 is 0 Å². The molecule has 0 atom stereocenters. The summed E-state index contributed by atoms with van der Waals surface area (Å²) in [5, 5.41) is 6.85. The lowest BCUT2D eigenvalue weighted by Crippen LogP contribution is -2.40. The molecule has 0 saturated carbocycles. The van der Waals surface area contributed by atoms with Crippen LogP contribution in [-0.2, 0) is 25.9 Å². The number of nitrogens with zero attached hydrogens (tertiary/aromatic N) is 4. The van der Waals surface area contributed by atoms with Gasteiger partial charge in [-0.25, -0.2) is 9.78 Å². The molecular weight excluding hydrogens is 394 g/mol. The zero-order valence-electron chi connectivity index (χ0n) is 17.6. The van der Waals surface area contributed by atoms with E-state index >= 15 is 0 Å². The van der Waals surface area contributed by atoms with Gasteiger partial charge in [0.25, 0.3) is 5.56 Å². The van der Waals surface area contributed by atoms with Crippen molar-refractivity contribution in [3.05, 3.63) is 74.4 Å². The van der Waals surface area contributed by atoms with Gasteiger partial charge in [-0.3, -0.25) is 19.0 Å². The molecule has 1 aromatic carbocycles. The monoisotopic (exact) mass is 421 g/mol. The molecule has 0 bridgehead atoms. The smallest absolute Gasteiger partial charge is 0.332 e. The Morgan fingerprint density at radius 3 is 2.55 bits per heavy atom. The average molecular weight is 422 g/mol. The molecule has 0 aliphatic heterocycles. The Balaban J connectivity index is 1.74. The van der Waals surface area contributed by atoms with Gasteiger partial charge in [-0.05, 0) is 36.6 Å². The number of unbranched alkanes of at least 4 members (excludes halogenated alkanes) is 2. The SMILES string of the molecule is CCCCCn1c(=O)c2[nH]c(Cc3ccn[nH]3)nc2n(CCc2ccc(N)cc2)c1=O. The predicted molar refractivity (Wildman–Crippen MR) is 120 cm³/mol. The van der Waals surface area contributed by atoms with Crippen molar-refractivity contribution in [3.8, 4) is 0 Å². The van der Waals surface area contributed by atoms with Gasteiger partial charge in [0.2, 0.25) is 0 Å². The molecule has 0 aliphatic carbocycles. The van der Waals surface area contributed by atoms with Gasteiger partial charge < -0.3 is 10.7 Å². The van der Waals surface area contributed by atoms with Crippen molar-refractivity contribution in [1.29, 1.82) is 0 Å². The van der Waals surface area contributed by atoms with Crippen molar-refractivity contribution >= 4 is 16.9 Å². The molecule has 4 N–H and O–H groups in total. The van der Waals surface area contributed by atoms with Gasteiger partial charge in [0.05, 0.1) is 0 Å². The van der Waals surface area contributed by atoms with Crippen LogP contribution in [0.15, 0.2) is 46.1 Å². The van der Waals surface area contributed by atoms with Crippen LogP contribution in [0.2, 0.25) is 0 Å². The van der Waals surface area contributed by atoms with E-state index in [4.69, 9.17) is 5.73 Å². The lowest BCUT2D eigenvalue weighted by molar-refractivity contribution is 0.531. The molecule has 0 amide bonds. The summed E-state index contributed by atoms with van der Waals surface area (Å²) in [6.45, 7) is 2.91. The first-order valence-corrected chi connectivity index (χ1v) is 10.6. The first kappa shape index (κ1) is 20.6. The van der Waals surface area contributed by atoms with Crippen LogP contribution >= 0.6 is 0 Å². The molecule has 0 aliphatic rings. The quantitative estimate of drug-likeness (QED) is 0.282. The first-order chi connectivity index (χ1) is 15.1. The van der Waals surface area contributed by atoms with Crippen LogP contribution in [0.4, 0.5) is 5.69 Å². The second-order valence-electron chi connectivity index (χ2n) is 7.73. The van der Waals surface area contributed by atoms with E-state index in [0.29, 0.717) is 48.6 Å². The van der Waals surface area contributed by atoms with Crippen molar-refractivity contribution in [3.63, 3.8) is 0 Å². The van der Waals surface area contributed by atoms with Crippen LogP contribution in [0.25, 0.3) is 11.2 Å². The van der Waals surface area contributed by atoms with Crippen molar-refractivity contribution in [2.45, 2.75) is 52.1 Å². The number of fused-ring (bicyclic) bond motifs is 1. The molecule has 9 heteroatoms. The minimum atomic E-state index is -0.316. The normalized spacial score (nSPS) is 11.4. The molecule has 0 unspecified atom stereocenters. The molecular formula is C22H27N7O2. The number of imidazole rings is 1. The third kappa shape index (κ3) is 4.45. The third-order valence-corrected chi connectivity index (χ3v) is 5.42. The molecule has 31 heavy (non-hydrogen) atoms. The van der Waals surface area contributed by atoms with Gasteiger partial charge in [-0.2, -0.15) is 5.10 Å². The van der Waals surface area contributed by atoms with Gasteiger partial charge in [0.1, 0.15) is 11.3 Å². The molecule has 0 saturated heterocycles. The van der Waals surface area contributed by atoms with Gasteiger partial charge in [0.15, 0.2) is 5.65 Å². The van der Waals surface area contributed by atoms with Crippen molar-refractivity contribution in [2.24, 2.45) is 0 Å². The van der Waals surface area contributed by atoms with E-state index in [1.807, 2.05) is 30.3 Å². The number of hydrogen-bond donors (Lipinski definition) is 3. The van der Waals surface area contributed by atoms with E-state index in [-0.39, 0.29) is 11.2 Å². The minimum Gasteiger partial charge on any atom is -0.399 e. The summed E-state index contributed by atoms with van der Waals surface area (Å²) in [5.74, 6) is 0.614. The van der Waals surface area contributed by atoms with Crippen LogP contribution in [0.3, 0.4) is 0 Å². The lowest BCUT2D eigenvalue weighted by Gasteiger charge is -2.11. The summed E-state index contributed by atoms with van der Waals surface area (Å²) in [6, 6.07) is 9.43. The summed E-state index contributed by atoms with van der Waals surface area (Å²) >= 11 is 0. The van der Waals surface area contributed by atoms with Crippen LogP contribution < -0.4 is 17.0 Å². The number of aromatic amines is 2. The highest BCUT2D eigenvalue weighted by Gasteiger charge is 2.17. The fourth-order valence-corrected chi connectivity index (χ4v) is 3.71. The maximum atomic E-state index is 13.2. The number of H-pyrrole nitrogens is 2. The highest BCUT2D eigenvalue weighted by atomic mass is 16.2. The number of nitrogen functional groups attached to an aromatic ring is 1. The number of anilines is 1. The Labute approximate surface area is 178 Å². The second kappa shape index (κ2) is 9.03. The largest absolute Gasteiger partial charge is 0.399 e. The number of nitrogens with two attached hydrogens (primary N) is 1. The average Bonchev–Trinajstić information content (AvgIpc) is 3.42. The van der Waals surface area contributed by atoms with E-state index in [2.05, 4.69) is 27.1 Å². The van der Waals surface area contributed by atoms with Gasteiger partial charge in [0, 0.05) is 37.1 Å². The van der Waals surface area contributed by atoms with Gasteiger partial charge >= 0.3 is 5.69 Å². The third-order valence-electron chi connectivity index (χ3n) is 5.42. The summed E-state index contributed by atoms with van der Waals surface area (Å²) in [7, 11) is 0. The van der Waals surface area contributed by atoms with E-state index in [1.165, 1.54) is 4.57 Å². The molecule has 0 fully saturated rings. The number of hydrogen-bond acceptors (Lipinski definition) is 5.